The van der Waals surface area contributed by atoms with Gasteiger partial charge in [-0.25, -0.2) is 0 Å². The first-order chi connectivity index (χ1) is 13.6. The van der Waals surface area contributed by atoms with Crippen LogP contribution in [0.1, 0.15) is 60.3 Å². The lowest BCUT2D eigenvalue weighted by atomic mass is 9.50. The van der Waals surface area contributed by atoms with Gasteiger partial charge in [-0.15, -0.1) is 10.2 Å². The van der Waals surface area contributed by atoms with E-state index in [0.717, 1.165) is 22.8 Å². The van der Waals surface area contributed by atoms with Gasteiger partial charge < -0.3 is 10.6 Å². The molecule has 8 heteroatoms. The topological polar surface area (TPSA) is 84.0 Å². The molecule has 4 aliphatic rings. The fourth-order valence-electron chi connectivity index (χ4n) is 5.83. The first-order valence-electron chi connectivity index (χ1n) is 10.0. The quantitative estimate of drug-likeness (QED) is 0.750. The van der Waals surface area contributed by atoms with E-state index in [4.69, 9.17) is 0 Å². The summed E-state index contributed by atoms with van der Waals surface area (Å²) in [5.74, 6) is 2.30. The minimum Gasteiger partial charge on any atom is -0.351 e. The van der Waals surface area contributed by atoms with Crippen LogP contribution in [0.3, 0.4) is 0 Å². The molecule has 2 N–H and O–H groups in total. The molecule has 0 spiro atoms. The van der Waals surface area contributed by atoms with Crippen LogP contribution >= 0.6 is 22.7 Å². The van der Waals surface area contributed by atoms with E-state index in [1.807, 2.05) is 5.38 Å². The SMILES string of the molecule is O=C(CCNC(=O)c1ccsc1)Nc1nnc(C23CC4CC(CC(C4)C2)C3)s1. The summed E-state index contributed by atoms with van der Waals surface area (Å²) in [6.07, 6.45) is 8.17. The third kappa shape index (κ3) is 3.48. The zero-order chi connectivity index (χ0) is 19.1. The highest BCUT2D eigenvalue weighted by molar-refractivity contribution is 7.15. The predicted molar refractivity (Wildman–Crippen MR) is 110 cm³/mol. The summed E-state index contributed by atoms with van der Waals surface area (Å²) in [6.45, 7) is 0.307. The van der Waals surface area contributed by atoms with Gasteiger partial charge in [-0.2, -0.15) is 11.3 Å². The van der Waals surface area contributed by atoms with Crippen molar-refractivity contribution in [2.45, 2.75) is 50.4 Å². The smallest absolute Gasteiger partial charge is 0.252 e. The van der Waals surface area contributed by atoms with Crippen LogP contribution < -0.4 is 10.6 Å². The highest BCUT2D eigenvalue weighted by Crippen LogP contribution is 2.61. The molecule has 28 heavy (non-hydrogen) atoms. The Hall–Kier alpha value is -1.80. The third-order valence-corrected chi connectivity index (χ3v) is 8.35. The number of nitrogens with one attached hydrogen (secondary N) is 2. The lowest BCUT2D eigenvalue weighted by Gasteiger charge is -2.55. The lowest BCUT2D eigenvalue weighted by molar-refractivity contribution is -0.116. The maximum absolute atomic E-state index is 12.2. The van der Waals surface area contributed by atoms with Gasteiger partial charge in [-0.05, 0) is 67.7 Å². The summed E-state index contributed by atoms with van der Waals surface area (Å²) >= 11 is 3.03. The number of aromatic nitrogens is 2. The highest BCUT2D eigenvalue weighted by atomic mass is 32.1. The van der Waals surface area contributed by atoms with Crippen LogP contribution in [0.15, 0.2) is 16.8 Å². The summed E-state index contributed by atoms with van der Waals surface area (Å²) < 4.78 is 0. The van der Waals surface area contributed by atoms with E-state index >= 15 is 0 Å². The van der Waals surface area contributed by atoms with Gasteiger partial charge in [0, 0.05) is 29.3 Å². The monoisotopic (exact) mass is 416 g/mol. The normalized spacial score (nSPS) is 30.4. The zero-order valence-corrected chi connectivity index (χ0v) is 17.3. The predicted octanol–water partition coefficient (Wildman–Crippen LogP) is 3.83. The summed E-state index contributed by atoms with van der Waals surface area (Å²) in [5, 5.41) is 19.7. The van der Waals surface area contributed by atoms with Crippen molar-refractivity contribution in [1.29, 1.82) is 0 Å². The van der Waals surface area contributed by atoms with E-state index in [1.165, 1.54) is 49.9 Å². The zero-order valence-electron chi connectivity index (χ0n) is 15.6. The molecule has 4 bridgehead atoms. The van der Waals surface area contributed by atoms with Gasteiger partial charge in [0.2, 0.25) is 11.0 Å². The summed E-state index contributed by atoms with van der Waals surface area (Å²) in [5.41, 5.74) is 0.846. The molecule has 0 unspecified atom stereocenters. The highest BCUT2D eigenvalue weighted by Gasteiger charge is 2.53. The van der Waals surface area contributed by atoms with Crippen molar-refractivity contribution in [2.75, 3.05) is 11.9 Å². The molecule has 4 fully saturated rings. The summed E-state index contributed by atoms with van der Waals surface area (Å²) in [7, 11) is 0. The van der Waals surface area contributed by atoms with Crippen LogP contribution in [-0.4, -0.2) is 28.6 Å². The van der Waals surface area contributed by atoms with E-state index in [1.54, 1.807) is 22.8 Å². The van der Waals surface area contributed by atoms with Crippen LogP contribution in [0.4, 0.5) is 5.13 Å². The number of carbonyl (C=O) groups is 2. The number of hydrogen-bond donors (Lipinski definition) is 2. The molecular weight excluding hydrogens is 392 g/mol. The number of amides is 2. The van der Waals surface area contributed by atoms with Crippen molar-refractivity contribution >= 4 is 39.6 Å². The number of carbonyl (C=O) groups excluding carboxylic acids is 2. The minimum absolute atomic E-state index is 0.140. The van der Waals surface area contributed by atoms with Gasteiger partial charge in [-0.3, -0.25) is 9.59 Å². The van der Waals surface area contributed by atoms with Crippen molar-refractivity contribution < 1.29 is 9.59 Å². The van der Waals surface area contributed by atoms with Crippen LogP contribution in [-0.2, 0) is 10.2 Å². The van der Waals surface area contributed by atoms with E-state index in [0.29, 0.717) is 17.2 Å². The molecule has 2 amide bonds. The Balaban J connectivity index is 1.16. The molecular formula is C20H24N4O2S2. The van der Waals surface area contributed by atoms with Crippen molar-refractivity contribution in [3.8, 4) is 0 Å². The molecule has 6 rings (SSSR count). The largest absolute Gasteiger partial charge is 0.351 e. The molecule has 2 heterocycles. The minimum atomic E-state index is -0.144. The Kier molecular flexibility index (Phi) is 4.71. The Morgan fingerprint density at radius 2 is 1.82 bits per heavy atom. The second-order valence-electron chi connectivity index (χ2n) is 8.68. The molecule has 4 aliphatic carbocycles. The average molecular weight is 417 g/mol. The second-order valence-corrected chi connectivity index (χ2v) is 10.4. The van der Waals surface area contributed by atoms with Gasteiger partial charge in [0.05, 0.1) is 0 Å². The Morgan fingerprint density at radius 3 is 2.46 bits per heavy atom. The standard InChI is InChI=1S/C20H24N4O2S2/c25-16(1-3-21-17(26)15-2-4-27-11-15)22-19-24-23-18(28-19)20-8-12-5-13(9-20)7-14(6-12)10-20/h2,4,11-14H,1,3,5-10H2,(H,21,26)(H,22,24,25). The maximum Gasteiger partial charge on any atom is 0.252 e. The van der Waals surface area contributed by atoms with E-state index < -0.39 is 0 Å². The first-order valence-corrected chi connectivity index (χ1v) is 11.8. The van der Waals surface area contributed by atoms with Gasteiger partial charge in [0.1, 0.15) is 5.01 Å². The Labute approximate surface area is 172 Å². The number of hydrogen-bond acceptors (Lipinski definition) is 6. The Morgan fingerprint density at radius 1 is 1.11 bits per heavy atom. The number of nitrogens with zero attached hydrogens (tertiary/aromatic N) is 2. The van der Waals surface area contributed by atoms with Gasteiger partial charge in [0.15, 0.2) is 0 Å². The fourth-order valence-corrected chi connectivity index (χ4v) is 7.44. The molecule has 0 aromatic carbocycles. The third-order valence-electron chi connectivity index (χ3n) is 6.58. The average Bonchev–Trinajstić information content (AvgIpc) is 3.33. The molecule has 2 aromatic heterocycles. The maximum atomic E-state index is 12.2. The molecule has 148 valence electrons. The molecule has 4 saturated carbocycles. The second kappa shape index (κ2) is 7.22. The van der Waals surface area contributed by atoms with Crippen molar-refractivity contribution in [1.82, 2.24) is 15.5 Å². The summed E-state index contributed by atoms with van der Waals surface area (Å²) in [6, 6.07) is 1.77. The van der Waals surface area contributed by atoms with E-state index in [2.05, 4.69) is 20.8 Å². The molecule has 0 radical (unpaired) electrons. The number of rotatable bonds is 6. The Bertz CT molecular complexity index is 841. The van der Waals surface area contributed by atoms with Gasteiger partial charge in [-0.1, -0.05) is 11.3 Å². The van der Waals surface area contributed by atoms with Crippen molar-refractivity contribution in [3.63, 3.8) is 0 Å². The molecule has 2 aromatic rings. The van der Waals surface area contributed by atoms with E-state index in [9.17, 15) is 9.59 Å². The van der Waals surface area contributed by atoms with E-state index in [-0.39, 0.29) is 23.7 Å². The first kappa shape index (κ1) is 18.2. The van der Waals surface area contributed by atoms with Gasteiger partial charge >= 0.3 is 0 Å². The number of thiophene rings is 1. The molecule has 0 saturated heterocycles. The molecule has 6 nitrogen and oxygen atoms in total. The fraction of sp³-hybridized carbons (Fsp3) is 0.600. The van der Waals surface area contributed by atoms with Crippen LogP contribution in [0, 0.1) is 17.8 Å². The summed E-state index contributed by atoms with van der Waals surface area (Å²) in [4.78, 5) is 24.1. The van der Waals surface area contributed by atoms with Crippen LogP contribution in [0.25, 0.3) is 0 Å². The van der Waals surface area contributed by atoms with Gasteiger partial charge in [0.25, 0.3) is 5.91 Å². The number of anilines is 1. The van der Waals surface area contributed by atoms with Crippen LogP contribution in [0.2, 0.25) is 0 Å². The lowest BCUT2D eigenvalue weighted by Crippen LogP contribution is -2.48. The molecule has 0 atom stereocenters. The van der Waals surface area contributed by atoms with Crippen molar-refractivity contribution in [2.24, 2.45) is 17.8 Å². The van der Waals surface area contributed by atoms with Crippen LogP contribution in [0.5, 0.6) is 0 Å². The van der Waals surface area contributed by atoms with Crippen molar-refractivity contribution in [3.05, 3.63) is 27.4 Å². The molecule has 0 aliphatic heterocycles.